The Bertz CT molecular complexity index is 1060. The summed E-state index contributed by atoms with van der Waals surface area (Å²) in [5.41, 5.74) is 2.59. The molecule has 0 radical (unpaired) electrons. The molecule has 0 saturated heterocycles. The number of rotatable bonds is 9. The van der Waals surface area contributed by atoms with Gasteiger partial charge in [0.2, 0.25) is 16.8 Å². The fraction of sp³-hybridized carbons (Fsp3) is 0.318. The molecule has 0 fully saturated rings. The van der Waals surface area contributed by atoms with Crippen LogP contribution in [0.3, 0.4) is 0 Å². The first kappa shape index (κ1) is 23.3. The summed E-state index contributed by atoms with van der Waals surface area (Å²) in [6.07, 6.45) is 0. The summed E-state index contributed by atoms with van der Waals surface area (Å²) < 4.78 is 17.4. The summed E-state index contributed by atoms with van der Waals surface area (Å²) in [5, 5.41) is 11.6. The minimum absolute atomic E-state index is 0.135. The highest BCUT2D eigenvalue weighted by Gasteiger charge is 2.19. The first-order chi connectivity index (χ1) is 15.4. The van der Waals surface area contributed by atoms with Gasteiger partial charge in [0.25, 0.3) is 0 Å². The Balaban J connectivity index is 1.70. The number of nitrogens with zero attached hydrogens (tertiary/aromatic N) is 3. The number of hydrogen-bond donors (Lipinski definition) is 2. The molecule has 0 atom stereocenters. The zero-order chi connectivity index (χ0) is 23.3. The maximum absolute atomic E-state index is 12.4. The lowest BCUT2D eigenvalue weighted by Crippen LogP contribution is -2.16. The van der Waals surface area contributed by atoms with Crippen molar-refractivity contribution in [1.82, 2.24) is 14.9 Å². The second-order valence-electron chi connectivity index (χ2n) is 7.20. The third-order valence-electron chi connectivity index (χ3n) is 4.78. The quantitative estimate of drug-likeness (QED) is 0.371. The van der Waals surface area contributed by atoms with Crippen LogP contribution in [0.25, 0.3) is 11.4 Å². The first-order valence-electron chi connectivity index (χ1n) is 9.91. The smallest absolute Gasteiger partial charge is 0.234 e. The van der Waals surface area contributed by atoms with Crippen LogP contribution in [-0.2, 0) is 4.79 Å². The Kier molecular flexibility index (Phi) is 7.47. The molecule has 1 heterocycles. The Morgan fingerprint density at radius 1 is 1.06 bits per heavy atom. The standard InChI is InChI=1S/C22H27N5O4S/c1-13(2)14-6-8-16(9-7-14)24-19(28)12-32-22-26-25-21(27(22)23)15-10-17(29-3)20(31-5)18(11-15)30-4/h6-11,13H,12,23H2,1-5H3,(H,24,28). The lowest BCUT2D eigenvalue weighted by atomic mass is 10.0. The molecule has 2 aromatic carbocycles. The minimum atomic E-state index is -0.162. The minimum Gasteiger partial charge on any atom is -0.493 e. The summed E-state index contributed by atoms with van der Waals surface area (Å²) in [7, 11) is 4.60. The van der Waals surface area contributed by atoms with Crippen molar-refractivity contribution in [3.63, 3.8) is 0 Å². The normalized spacial score (nSPS) is 10.8. The highest BCUT2D eigenvalue weighted by atomic mass is 32.2. The number of thioether (sulfide) groups is 1. The van der Waals surface area contributed by atoms with Gasteiger partial charge in [-0.15, -0.1) is 10.2 Å². The van der Waals surface area contributed by atoms with Crippen molar-refractivity contribution in [1.29, 1.82) is 0 Å². The largest absolute Gasteiger partial charge is 0.493 e. The van der Waals surface area contributed by atoms with E-state index in [1.807, 2.05) is 24.3 Å². The van der Waals surface area contributed by atoms with Crippen LogP contribution in [0.5, 0.6) is 17.2 Å². The molecule has 32 heavy (non-hydrogen) atoms. The molecule has 10 heteroatoms. The van der Waals surface area contributed by atoms with E-state index in [2.05, 4.69) is 29.4 Å². The number of nitrogen functional groups attached to an aromatic ring is 1. The number of hydrogen-bond acceptors (Lipinski definition) is 8. The van der Waals surface area contributed by atoms with Gasteiger partial charge in [0, 0.05) is 11.3 Å². The number of ether oxygens (including phenoxy) is 3. The molecule has 3 N–H and O–H groups in total. The van der Waals surface area contributed by atoms with Gasteiger partial charge in [-0.1, -0.05) is 37.7 Å². The van der Waals surface area contributed by atoms with Crippen LogP contribution in [0.4, 0.5) is 5.69 Å². The van der Waals surface area contributed by atoms with Crippen LogP contribution in [0.15, 0.2) is 41.6 Å². The first-order valence-corrected chi connectivity index (χ1v) is 10.9. The zero-order valence-electron chi connectivity index (χ0n) is 18.7. The Labute approximate surface area is 191 Å². The molecule has 0 saturated carbocycles. The summed E-state index contributed by atoms with van der Waals surface area (Å²) in [5.74, 6) is 8.42. The van der Waals surface area contributed by atoms with Gasteiger partial charge in [-0.25, -0.2) is 4.68 Å². The third-order valence-corrected chi connectivity index (χ3v) is 5.72. The monoisotopic (exact) mass is 457 g/mol. The van der Waals surface area contributed by atoms with Crippen molar-refractivity contribution in [2.75, 3.05) is 38.2 Å². The number of amides is 1. The zero-order valence-corrected chi connectivity index (χ0v) is 19.5. The molecule has 0 aliphatic rings. The molecule has 0 unspecified atom stereocenters. The molecule has 1 aromatic heterocycles. The summed E-state index contributed by atoms with van der Waals surface area (Å²) in [4.78, 5) is 12.4. The van der Waals surface area contributed by atoms with E-state index in [4.69, 9.17) is 20.1 Å². The molecule has 3 aromatic rings. The highest BCUT2D eigenvalue weighted by molar-refractivity contribution is 7.99. The van der Waals surface area contributed by atoms with Gasteiger partial charge in [0.15, 0.2) is 17.3 Å². The van der Waals surface area contributed by atoms with Gasteiger partial charge in [0.05, 0.1) is 27.1 Å². The lowest BCUT2D eigenvalue weighted by molar-refractivity contribution is -0.113. The number of benzene rings is 2. The van der Waals surface area contributed by atoms with Gasteiger partial charge in [-0.3, -0.25) is 4.79 Å². The number of nitrogens with one attached hydrogen (secondary N) is 1. The van der Waals surface area contributed by atoms with Crippen LogP contribution in [0, 0.1) is 0 Å². The predicted molar refractivity (Wildman–Crippen MR) is 125 cm³/mol. The Morgan fingerprint density at radius 2 is 1.69 bits per heavy atom. The van der Waals surface area contributed by atoms with Crippen molar-refractivity contribution >= 4 is 23.4 Å². The number of aromatic nitrogens is 3. The van der Waals surface area contributed by atoms with E-state index in [1.165, 1.54) is 43.3 Å². The molecular formula is C22H27N5O4S. The van der Waals surface area contributed by atoms with E-state index in [0.29, 0.717) is 39.7 Å². The fourth-order valence-electron chi connectivity index (χ4n) is 3.06. The van der Waals surface area contributed by atoms with Gasteiger partial charge in [0.1, 0.15) is 0 Å². The fourth-order valence-corrected chi connectivity index (χ4v) is 3.72. The highest BCUT2D eigenvalue weighted by Crippen LogP contribution is 2.40. The van der Waals surface area contributed by atoms with E-state index in [-0.39, 0.29) is 11.7 Å². The number of methoxy groups -OCH3 is 3. The van der Waals surface area contributed by atoms with E-state index in [9.17, 15) is 4.79 Å². The van der Waals surface area contributed by atoms with Crippen LogP contribution < -0.4 is 25.4 Å². The molecule has 0 spiro atoms. The predicted octanol–water partition coefficient (Wildman–Crippen LogP) is 3.54. The number of carbonyl (C=O) groups is 1. The van der Waals surface area contributed by atoms with E-state index in [0.717, 1.165) is 5.69 Å². The van der Waals surface area contributed by atoms with Crippen molar-refractivity contribution in [3.8, 4) is 28.6 Å². The van der Waals surface area contributed by atoms with E-state index >= 15 is 0 Å². The second-order valence-corrected chi connectivity index (χ2v) is 8.15. The third kappa shape index (κ3) is 5.08. The average molecular weight is 458 g/mol. The maximum atomic E-state index is 12.4. The molecule has 1 amide bonds. The summed E-state index contributed by atoms with van der Waals surface area (Å²) >= 11 is 1.19. The van der Waals surface area contributed by atoms with Crippen molar-refractivity contribution in [2.45, 2.75) is 24.9 Å². The van der Waals surface area contributed by atoms with Gasteiger partial charge in [-0.05, 0) is 35.7 Å². The summed E-state index contributed by atoms with van der Waals surface area (Å²) in [6, 6.07) is 11.3. The second kappa shape index (κ2) is 10.3. The van der Waals surface area contributed by atoms with Crippen LogP contribution in [0.1, 0.15) is 25.3 Å². The molecule has 0 bridgehead atoms. The van der Waals surface area contributed by atoms with Gasteiger partial charge < -0.3 is 25.4 Å². The lowest BCUT2D eigenvalue weighted by Gasteiger charge is -2.13. The van der Waals surface area contributed by atoms with Crippen LogP contribution >= 0.6 is 11.8 Å². The van der Waals surface area contributed by atoms with Crippen molar-refractivity contribution in [2.24, 2.45) is 0 Å². The SMILES string of the molecule is COc1cc(-c2nnc(SCC(=O)Nc3ccc(C(C)C)cc3)n2N)cc(OC)c1OC. The molecule has 0 aliphatic carbocycles. The molecule has 0 aliphatic heterocycles. The van der Waals surface area contributed by atoms with E-state index < -0.39 is 0 Å². The van der Waals surface area contributed by atoms with Gasteiger partial charge >= 0.3 is 0 Å². The maximum Gasteiger partial charge on any atom is 0.234 e. The molecular weight excluding hydrogens is 430 g/mol. The number of nitrogens with two attached hydrogens (primary N) is 1. The average Bonchev–Trinajstić information content (AvgIpc) is 3.17. The molecule has 3 rings (SSSR count). The van der Waals surface area contributed by atoms with E-state index in [1.54, 1.807) is 12.1 Å². The van der Waals surface area contributed by atoms with Crippen molar-refractivity contribution < 1.29 is 19.0 Å². The van der Waals surface area contributed by atoms with Crippen molar-refractivity contribution in [3.05, 3.63) is 42.0 Å². The topological polar surface area (TPSA) is 114 Å². The number of anilines is 1. The van der Waals surface area contributed by atoms with Gasteiger partial charge in [-0.2, -0.15) is 0 Å². The molecule has 9 nitrogen and oxygen atoms in total. The summed E-state index contributed by atoms with van der Waals surface area (Å²) in [6.45, 7) is 4.25. The Morgan fingerprint density at radius 3 is 2.22 bits per heavy atom. The van der Waals surface area contributed by atoms with Crippen LogP contribution in [-0.4, -0.2) is 47.9 Å². The Hall–Kier alpha value is -3.40. The number of carbonyl (C=O) groups excluding carboxylic acids is 1. The molecule has 170 valence electrons. The van der Waals surface area contributed by atoms with Crippen LogP contribution in [0.2, 0.25) is 0 Å².